The Kier molecular flexibility index (Phi) is 6.80. The van der Waals surface area contributed by atoms with Crippen molar-refractivity contribution < 1.29 is 18.5 Å². The molecule has 158 valence electrons. The number of nitro groups is 1. The van der Waals surface area contributed by atoms with Gasteiger partial charge in [0, 0.05) is 37.1 Å². The van der Waals surface area contributed by atoms with E-state index >= 15 is 0 Å². The van der Waals surface area contributed by atoms with Gasteiger partial charge >= 0.3 is 5.88 Å². The predicted molar refractivity (Wildman–Crippen MR) is 111 cm³/mol. The second-order valence-corrected chi connectivity index (χ2v) is 7.54. The zero-order valence-corrected chi connectivity index (χ0v) is 17.3. The molecule has 0 saturated carbocycles. The first-order chi connectivity index (χ1) is 14.0. The fraction of sp³-hybridized carbons (Fsp3) is 0.263. The Morgan fingerprint density at radius 2 is 1.87 bits per heavy atom. The average Bonchev–Trinajstić information content (AvgIpc) is 3.39. The molecule has 0 aliphatic carbocycles. The second kappa shape index (κ2) is 9.33. The standard InChI is InChI=1S/C19H17FN4O4S.ClH/c20-14-3-1-13(2-4-14)15-12-29-17(21-15)11-22-7-9-23(10-8-22)19(25)16-5-6-18(28-16)24(26)27;/h1-6,12H,7-11H2;1H. The lowest BCUT2D eigenvalue weighted by atomic mass is 10.2. The molecule has 1 saturated heterocycles. The molecule has 1 aliphatic rings. The van der Waals surface area contributed by atoms with Crippen molar-refractivity contribution in [2.75, 3.05) is 26.2 Å². The van der Waals surface area contributed by atoms with Crippen LogP contribution in [0, 0.1) is 15.9 Å². The van der Waals surface area contributed by atoms with E-state index in [-0.39, 0.29) is 29.9 Å². The fourth-order valence-corrected chi connectivity index (χ4v) is 3.98. The van der Waals surface area contributed by atoms with Crippen LogP contribution in [0.5, 0.6) is 0 Å². The summed E-state index contributed by atoms with van der Waals surface area (Å²) < 4.78 is 18.1. The van der Waals surface area contributed by atoms with E-state index in [2.05, 4.69) is 9.88 Å². The fourth-order valence-electron chi connectivity index (χ4n) is 3.13. The number of nitrogens with zero attached hydrogens (tertiary/aromatic N) is 4. The second-order valence-electron chi connectivity index (χ2n) is 6.60. The molecule has 11 heteroatoms. The van der Waals surface area contributed by atoms with Gasteiger partial charge in [0.1, 0.15) is 15.7 Å². The van der Waals surface area contributed by atoms with E-state index in [1.165, 1.54) is 24.3 Å². The lowest BCUT2D eigenvalue weighted by Crippen LogP contribution is -2.48. The number of piperazine rings is 1. The minimum atomic E-state index is -0.664. The van der Waals surface area contributed by atoms with Crippen molar-refractivity contribution in [1.82, 2.24) is 14.8 Å². The molecule has 4 rings (SSSR count). The van der Waals surface area contributed by atoms with E-state index < -0.39 is 10.8 Å². The monoisotopic (exact) mass is 452 g/mol. The van der Waals surface area contributed by atoms with Gasteiger partial charge in [0.15, 0.2) is 5.76 Å². The third-order valence-electron chi connectivity index (χ3n) is 4.69. The van der Waals surface area contributed by atoms with Crippen LogP contribution in [0.1, 0.15) is 15.6 Å². The minimum Gasteiger partial charge on any atom is -0.395 e. The Hall–Kier alpha value is -2.82. The summed E-state index contributed by atoms with van der Waals surface area (Å²) in [6, 6.07) is 8.76. The Morgan fingerprint density at radius 1 is 1.17 bits per heavy atom. The van der Waals surface area contributed by atoms with Crippen molar-refractivity contribution in [2.45, 2.75) is 6.54 Å². The minimum absolute atomic E-state index is 0. The lowest BCUT2D eigenvalue weighted by Gasteiger charge is -2.33. The molecule has 1 amide bonds. The first-order valence-electron chi connectivity index (χ1n) is 8.96. The van der Waals surface area contributed by atoms with Crippen molar-refractivity contribution >= 4 is 35.5 Å². The van der Waals surface area contributed by atoms with Crippen LogP contribution in [0.15, 0.2) is 46.2 Å². The Labute approximate surface area is 181 Å². The number of benzene rings is 1. The molecule has 30 heavy (non-hydrogen) atoms. The third kappa shape index (κ3) is 4.84. The summed E-state index contributed by atoms with van der Waals surface area (Å²) in [7, 11) is 0. The summed E-state index contributed by atoms with van der Waals surface area (Å²) in [4.78, 5) is 30.9. The first-order valence-corrected chi connectivity index (χ1v) is 9.84. The van der Waals surface area contributed by atoms with E-state index in [1.807, 2.05) is 5.38 Å². The van der Waals surface area contributed by atoms with Gasteiger partial charge in [-0.15, -0.1) is 23.7 Å². The van der Waals surface area contributed by atoms with Gasteiger partial charge in [-0.25, -0.2) is 9.37 Å². The zero-order chi connectivity index (χ0) is 20.4. The number of thiazole rings is 1. The van der Waals surface area contributed by atoms with Gasteiger partial charge in [0.25, 0.3) is 5.91 Å². The number of halogens is 2. The summed E-state index contributed by atoms with van der Waals surface area (Å²) in [6.07, 6.45) is 0. The molecule has 0 radical (unpaired) electrons. The molecule has 1 aromatic carbocycles. The van der Waals surface area contributed by atoms with Crippen molar-refractivity contribution in [2.24, 2.45) is 0 Å². The number of hydrogen-bond donors (Lipinski definition) is 0. The SMILES string of the molecule is Cl.O=C(c1ccc([N+](=O)[O-])o1)N1CCN(Cc2nc(-c3ccc(F)cc3)cs2)CC1. The molecule has 0 unspecified atom stereocenters. The normalized spacial score (nSPS) is 14.4. The molecular weight excluding hydrogens is 435 g/mol. The number of hydrogen-bond acceptors (Lipinski definition) is 7. The first kappa shape index (κ1) is 21.9. The van der Waals surface area contributed by atoms with Gasteiger partial charge in [-0.05, 0) is 30.3 Å². The summed E-state index contributed by atoms with van der Waals surface area (Å²) in [5.74, 6) is -1.08. The highest BCUT2D eigenvalue weighted by molar-refractivity contribution is 7.09. The van der Waals surface area contributed by atoms with Crippen molar-refractivity contribution in [1.29, 1.82) is 0 Å². The Balaban J connectivity index is 0.00000256. The van der Waals surface area contributed by atoms with E-state index in [4.69, 9.17) is 4.42 Å². The zero-order valence-electron chi connectivity index (χ0n) is 15.7. The number of aromatic nitrogens is 1. The number of carbonyl (C=O) groups excluding carboxylic acids is 1. The summed E-state index contributed by atoms with van der Waals surface area (Å²) in [5, 5.41) is 13.6. The number of furan rings is 1. The predicted octanol–water partition coefficient (Wildman–Crippen LogP) is 3.83. The number of rotatable bonds is 5. The van der Waals surface area contributed by atoms with E-state index in [0.717, 1.165) is 16.3 Å². The molecule has 0 N–H and O–H groups in total. The van der Waals surface area contributed by atoms with Gasteiger partial charge in [-0.1, -0.05) is 0 Å². The maximum Gasteiger partial charge on any atom is 0.433 e. The lowest BCUT2D eigenvalue weighted by molar-refractivity contribution is -0.402. The molecular formula is C19H18ClFN4O4S. The van der Waals surface area contributed by atoms with Gasteiger partial charge in [0.2, 0.25) is 0 Å². The van der Waals surface area contributed by atoms with Crippen LogP contribution in [0.3, 0.4) is 0 Å². The highest BCUT2D eigenvalue weighted by Gasteiger charge is 2.26. The van der Waals surface area contributed by atoms with Crippen LogP contribution in [0.2, 0.25) is 0 Å². The summed E-state index contributed by atoms with van der Waals surface area (Å²) in [5.41, 5.74) is 1.69. The number of carbonyl (C=O) groups is 1. The van der Waals surface area contributed by atoms with Crippen LogP contribution in [0.25, 0.3) is 11.3 Å². The van der Waals surface area contributed by atoms with Crippen molar-refractivity contribution in [3.63, 3.8) is 0 Å². The van der Waals surface area contributed by atoms with Crippen LogP contribution in [-0.4, -0.2) is 51.8 Å². The van der Waals surface area contributed by atoms with Crippen LogP contribution < -0.4 is 0 Å². The maximum atomic E-state index is 13.1. The highest BCUT2D eigenvalue weighted by atomic mass is 35.5. The average molecular weight is 453 g/mol. The summed E-state index contributed by atoms with van der Waals surface area (Å²) in [6.45, 7) is 3.01. The molecule has 8 nitrogen and oxygen atoms in total. The van der Waals surface area contributed by atoms with Gasteiger partial charge < -0.3 is 9.32 Å². The topological polar surface area (TPSA) is 92.7 Å². The molecule has 3 heterocycles. The molecule has 0 bridgehead atoms. The largest absolute Gasteiger partial charge is 0.433 e. The Bertz CT molecular complexity index is 1030. The van der Waals surface area contributed by atoms with Crippen molar-refractivity contribution in [3.05, 3.63) is 68.5 Å². The molecule has 0 spiro atoms. The van der Waals surface area contributed by atoms with Crippen molar-refractivity contribution in [3.8, 4) is 11.3 Å². The van der Waals surface area contributed by atoms with Crippen LogP contribution in [-0.2, 0) is 6.54 Å². The number of amides is 1. The summed E-state index contributed by atoms with van der Waals surface area (Å²) >= 11 is 1.55. The highest BCUT2D eigenvalue weighted by Crippen LogP contribution is 2.24. The molecule has 2 aromatic heterocycles. The maximum absolute atomic E-state index is 13.1. The van der Waals surface area contributed by atoms with Gasteiger partial charge in [-0.2, -0.15) is 0 Å². The molecule has 1 fully saturated rings. The van der Waals surface area contributed by atoms with Gasteiger partial charge in [-0.3, -0.25) is 19.8 Å². The van der Waals surface area contributed by atoms with Crippen LogP contribution in [0.4, 0.5) is 10.3 Å². The molecule has 1 aliphatic heterocycles. The van der Waals surface area contributed by atoms with Crippen LogP contribution >= 0.6 is 23.7 Å². The third-order valence-corrected chi connectivity index (χ3v) is 5.53. The Morgan fingerprint density at radius 3 is 2.50 bits per heavy atom. The van der Waals surface area contributed by atoms with E-state index in [9.17, 15) is 19.3 Å². The smallest absolute Gasteiger partial charge is 0.395 e. The molecule has 3 aromatic rings. The van der Waals surface area contributed by atoms with Gasteiger partial charge in [0.05, 0.1) is 18.3 Å². The quantitative estimate of drug-likeness (QED) is 0.431. The van der Waals surface area contributed by atoms with E-state index in [1.54, 1.807) is 28.4 Å². The van der Waals surface area contributed by atoms with E-state index in [0.29, 0.717) is 32.7 Å². The molecule has 0 atom stereocenters.